The summed E-state index contributed by atoms with van der Waals surface area (Å²) in [4.78, 5) is 0. The molecule has 2 nitrogen and oxygen atoms in total. The number of benzene rings is 1. The second-order valence-corrected chi connectivity index (χ2v) is 5.23. The zero-order chi connectivity index (χ0) is 11.1. The summed E-state index contributed by atoms with van der Waals surface area (Å²) >= 11 is 6.13. The summed E-state index contributed by atoms with van der Waals surface area (Å²) in [5, 5.41) is 0.786. The molecule has 1 fully saturated rings. The molecule has 1 atom stereocenters. The molecule has 0 radical (unpaired) electrons. The van der Waals surface area contributed by atoms with Gasteiger partial charge in [-0.05, 0) is 36.5 Å². The van der Waals surface area contributed by atoms with Crippen LogP contribution in [0.1, 0.15) is 36.4 Å². The highest BCUT2D eigenvalue weighted by Gasteiger charge is 2.30. The van der Waals surface area contributed by atoms with E-state index in [-0.39, 0.29) is 6.04 Å². The van der Waals surface area contributed by atoms with Crippen LogP contribution in [0, 0.1) is 5.92 Å². The Hall–Kier alpha value is -0.730. The zero-order valence-corrected chi connectivity index (χ0v) is 9.96. The topological polar surface area (TPSA) is 35.2 Å². The predicted molar refractivity (Wildman–Crippen MR) is 64.9 cm³/mol. The van der Waals surface area contributed by atoms with E-state index in [2.05, 4.69) is 0 Å². The predicted octanol–water partition coefficient (Wildman–Crippen LogP) is 3.07. The molecule has 1 unspecified atom stereocenters. The molecule has 0 spiro atoms. The van der Waals surface area contributed by atoms with Crippen molar-refractivity contribution in [2.75, 3.05) is 6.61 Å². The van der Waals surface area contributed by atoms with Gasteiger partial charge in [0.2, 0.25) is 0 Å². The molecule has 1 saturated carbocycles. The maximum absolute atomic E-state index is 6.30. The fourth-order valence-corrected chi connectivity index (χ4v) is 2.85. The Morgan fingerprint density at radius 2 is 2.19 bits per heavy atom. The normalized spacial score (nSPS) is 21.1. The molecule has 1 aromatic carbocycles. The van der Waals surface area contributed by atoms with Gasteiger partial charge in [0.25, 0.3) is 0 Å². The summed E-state index contributed by atoms with van der Waals surface area (Å²) < 4.78 is 5.69. The largest absolute Gasteiger partial charge is 0.493 e. The molecule has 3 heteroatoms. The molecule has 86 valence electrons. The van der Waals surface area contributed by atoms with Gasteiger partial charge in [0.05, 0.1) is 6.61 Å². The molecule has 0 bridgehead atoms. The minimum absolute atomic E-state index is 0.0966. The van der Waals surface area contributed by atoms with Crippen LogP contribution in [0.2, 0.25) is 5.02 Å². The van der Waals surface area contributed by atoms with Crippen molar-refractivity contribution in [2.45, 2.75) is 31.7 Å². The van der Waals surface area contributed by atoms with Crippen LogP contribution in [0.25, 0.3) is 0 Å². The zero-order valence-electron chi connectivity index (χ0n) is 9.21. The van der Waals surface area contributed by atoms with Crippen molar-refractivity contribution in [3.05, 3.63) is 28.3 Å². The average Bonchev–Trinajstić information content (AvgIpc) is 2.60. The summed E-state index contributed by atoms with van der Waals surface area (Å²) in [6.45, 7) is 0.764. The van der Waals surface area contributed by atoms with Crippen LogP contribution < -0.4 is 10.5 Å². The molecular weight excluding hydrogens is 222 g/mol. The van der Waals surface area contributed by atoms with Crippen LogP contribution in [0.4, 0.5) is 0 Å². The molecule has 2 aliphatic rings. The first-order valence-corrected chi connectivity index (χ1v) is 6.34. The van der Waals surface area contributed by atoms with E-state index in [1.807, 2.05) is 12.1 Å². The Labute approximate surface area is 101 Å². The Morgan fingerprint density at radius 3 is 2.88 bits per heavy atom. The van der Waals surface area contributed by atoms with Gasteiger partial charge in [0, 0.05) is 23.0 Å². The molecule has 1 aromatic rings. The summed E-state index contributed by atoms with van der Waals surface area (Å²) in [5.41, 5.74) is 8.64. The Bertz CT molecular complexity index is 415. The Morgan fingerprint density at radius 1 is 1.38 bits per heavy atom. The van der Waals surface area contributed by atoms with Crippen LogP contribution in [-0.4, -0.2) is 6.61 Å². The molecule has 3 rings (SSSR count). The maximum Gasteiger partial charge on any atom is 0.127 e. The number of halogens is 1. The second kappa shape index (κ2) is 3.94. The first-order chi connectivity index (χ1) is 7.75. The quantitative estimate of drug-likeness (QED) is 0.858. The highest BCUT2D eigenvalue weighted by molar-refractivity contribution is 6.30. The molecule has 0 saturated heterocycles. The van der Waals surface area contributed by atoms with Crippen molar-refractivity contribution in [3.63, 3.8) is 0 Å². The van der Waals surface area contributed by atoms with Crippen molar-refractivity contribution in [1.82, 2.24) is 0 Å². The lowest BCUT2D eigenvalue weighted by molar-refractivity contribution is 0.258. The number of nitrogens with two attached hydrogens (primary N) is 1. The van der Waals surface area contributed by atoms with Gasteiger partial charge in [0.15, 0.2) is 0 Å². The van der Waals surface area contributed by atoms with Crippen LogP contribution in [-0.2, 0) is 6.42 Å². The molecule has 1 heterocycles. The van der Waals surface area contributed by atoms with Crippen molar-refractivity contribution >= 4 is 11.6 Å². The molecule has 0 amide bonds. The van der Waals surface area contributed by atoms with E-state index in [1.54, 1.807) is 0 Å². The van der Waals surface area contributed by atoms with Crippen LogP contribution in [0.15, 0.2) is 12.1 Å². The van der Waals surface area contributed by atoms with E-state index in [1.165, 1.54) is 24.8 Å². The standard InChI is InChI=1S/C13H16ClNO/c14-10-6-9-4-5-16-13(9)11(7-10)12(15)8-2-1-3-8/h6-8,12H,1-5,15H2. The Balaban J connectivity index is 1.99. The number of fused-ring (bicyclic) bond motifs is 1. The van der Waals surface area contributed by atoms with Gasteiger partial charge in [0.1, 0.15) is 5.75 Å². The van der Waals surface area contributed by atoms with E-state index >= 15 is 0 Å². The van der Waals surface area contributed by atoms with Gasteiger partial charge in [-0.1, -0.05) is 18.0 Å². The van der Waals surface area contributed by atoms with Gasteiger partial charge in [-0.25, -0.2) is 0 Å². The van der Waals surface area contributed by atoms with E-state index in [4.69, 9.17) is 22.1 Å². The van der Waals surface area contributed by atoms with Gasteiger partial charge in [-0.15, -0.1) is 0 Å². The number of ether oxygens (including phenoxy) is 1. The summed E-state index contributed by atoms with van der Waals surface area (Å²) in [6, 6.07) is 4.08. The highest BCUT2D eigenvalue weighted by atomic mass is 35.5. The van der Waals surface area contributed by atoms with Crippen molar-refractivity contribution in [3.8, 4) is 5.75 Å². The van der Waals surface area contributed by atoms with E-state index in [9.17, 15) is 0 Å². The lowest BCUT2D eigenvalue weighted by atomic mass is 9.77. The van der Waals surface area contributed by atoms with Crippen LogP contribution >= 0.6 is 11.6 Å². The van der Waals surface area contributed by atoms with E-state index in [0.29, 0.717) is 5.92 Å². The fourth-order valence-electron chi connectivity index (χ4n) is 2.60. The fraction of sp³-hybridized carbons (Fsp3) is 0.538. The first-order valence-electron chi connectivity index (χ1n) is 5.96. The minimum Gasteiger partial charge on any atom is -0.493 e. The third-order valence-electron chi connectivity index (χ3n) is 3.79. The molecule has 1 aliphatic heterocycles. The van der Waals surface area contributed by atoms with Crippen molar-refractivity contribution < 1.29 is 4.74 Å². The van der Waals surface area contributed by atoms with Crippen molar-refractivity contribution in [1.29, 1.82) is 0 Å². The van der Waals surface area contributed by atoms with Crippen LogP contribution in [0.3, 0.4) is 0 Å². The lowest BCUT2D eigenvalue weighted by Crippen LogP contribution is -2.27. The second-order valence-electron chi connectivity index (χ2n) is 4.80. The summed E-state index contributed by atoms with van der Waals surface area (Å²) in [7, 11) is 0. The third kappa shape index (κ3) is 1.61. The molecule has 0 aromatic heterocycles. The van der Waals surface area contributed by atoms with Crippen molar-refractivity contribution in [2.24, 2.45) is 11.7 Å². The molecule has 16 heavy (non-hydrogen) atoms. The number of rotatable bonds is 2. The lowest BCUT2D eigenvalue weighted by Gasteiger charge is -2.32. The SMILES string of the molecule is NC(c1cc(Cl)cc2c1OCC2)C1CCC1. The van der Waals surface area contributed by atoms with E-state index in [0.717, 1.165) is 29.4 Å². The van der Waals surface area contributed by atoms with Gasteiger partial charge >= 0.3 is 0 Å². The first kappa shape index (κ1) is 10.4. The molecular formula is C13H16ClNO. The number of hydrogen-bond donors (Lipinski definition) is 1. The summed E-state index contributed by atoms with van der Waals surface area (Å²) in [5.74, 6) is 1.62. The van der Waals surface area contributed by atoms with Crippen LogP contribution in [0.5, 0.6) is 5.75 Å². The third-order valence-corrected chi connectivity index (χ3v) is 4.01. The molecule has 2 N–H and O–H groups in total. The smallest absolute Gasteiger partial charge is 0.127 e. The highest BCUT2D eigenvalue weighted by Crippen LogP contribution is 2.42. The number of hydrogen-bond acceptors (Lipinski definition) is 2. The van der Waals surface area contributed by atoms with Gasteiger partial charge < -0.3 is 10.5 Å². The minimum atomic E-state index is 0.0966. The monoisotopic (exact) mass is 237 g/mol. The molecule has 1 aliphatic carbocycles. The Kier molecular flexibility index (Phi) is 2.56. The van der Waals surface area contributed by atoms with Gasteiger partial charge in [-0.2, -0.15) is 0 Å². The van der Waals surface area contributed by atoms with E-state index < -0.39 is 0 Å². The van der Waals surface area contributed by atoms with Gasteiger partial charge in [-0.3, -0.25) is 0 Å². The average molecular weight is 238 g/mol. The maximum atomic E-state index is 6.30. The summed E-state index contributed by atoms with van der Waals surface area (Å²) in [6.07, 6.45) is 4.74.